The number of hydrogen-bond acceptors (Lipinski definition) is 6. The van der Waals surface area contributed by atoms with Gasteiger partial charge in [-0.2, -0.15) is 0 Å². The van der Waals surface area contributed by atoms with E-state index in [1.54, 1.807) is 47.2 Å². The maximum atomic E-state index is 13.4. The Kier molecular flexibility index (Phi) is 9.62. The van der Waals surface area contributed by atoms with Crippen molar-refractivity contribution in [3.8, 4) is 0 Å². The number of aromatic nitrogens is 2. The predicted molar refractivity (Wildman–Crippen MR) is 149 cm³/mol. The summed E-state index contributed by atoms with van der Waals surface area (Å²) in [5.41, 5.74) is 1.43. The van der Waals surface area contributed by atoms with E-state index in [4.69, 9.17) is 21.0 Å². The number of hydrogen-bond donors (Lipinski definition) is 2. The average molecular weight is 553 g/mol. The van der Waals surface area contributed by atoms with Gasteiger partial charge in [-0.15, -0.1) is 0 Å². The van der Waals surface area contributed by atoms with Crippen molar-refractivity contribution in [1.82, 2.24) is 20.2 Å². The highest BCUT2D eigenvalue weighted by Gasteiger charge is 2.16. The van der Waals surface area contributed by atoms with Crippen molar-refractivity contribution in [3.05, 3.63) is 93.1 Å². The molecule has 2 amide bonds. The van der Waals surface area contributed by atoms with Gasteiger partial charge in [0.1, 0.15) is 5.76 Å². The van der Waals surface area contributed by atoms with E-state index in [-0.39, 0.29) is 29.7 Å². The van der Waals surface area contributed by atoms with Crippen LogP contribution in [-0.4, -0.2) is 27.1 Å². The summed E-state index contributed by atoms with van der Waals surface area (Å²) in [7, 11) is 0. The average Bonchev–Trinajstić information content (AvgIpc) is 3.45. The third kappa shape index (κ3) is 7.05. The number of unbranched alkanes of at least 4 members (excludes halogenated alkanes) is 2. The third-order valence-electron chi connectivity index (χ3n) is 5.94. The van der Waals surface area contributed by atoms with Gasteiger partial charge in [-0.1, -0.05) is 61.3 Å². The molecule has 0 spiro atoms. The van der Waals surface area contributed by atoms with E-state index < -0.39 is 0 Å². The van der Waals surface area contributed by atoms with Crippen molar-refractivity contribution >= 4 is 46.1 Å². The first-order valence-corrected chi connectivity index (χ1v) is 13.8. The summed E-state index contributed by atoms with van der Waals surface area (Å²) in [6.07, 6.45) is 4.35. The zero-order valence-corrected chi connectivity index (χ0v) is 22.6. The Balaban J connectivity index is 1.52. The van der Waals surface area contributed by atoms with E-state index in [0.717, 1.165) is 24.8 Å². The molecule has 2 aromatic heterocycles. The van der Waals surface area contributed by atoms with Gasteiger partial charge in [0, 0.05) is 23.7 Å². The van der Waals surface area contributed by atoms with Crippen molar-refractivity contribution in [1.29, 1.82) is 0 Å². The van der Waals surface area contributed by atoms with E-state index in [0.29, 0.717) is 45.5 Å². The predicted octanol–water partition coefficient (Wildman–Crippen LogP) is 5.17. The Morgan fingerprint density at radius 3 is 2.66 bits per heavy atom. The lowest BCUT2D eigenvalue weighted by atomic mass is 10.1. The standard InChI is InChI=1S/C28H29ClN4O4S/c1-2-3-6-13-33-27(36)22-12-11-19(26(35)31-17-21-9-7-14-37-21)15-24(22)32-28(33)38-18-25(34)30-16-20-8-4-5-10-23(20)29/h4-5,7-12,14-15H,2-3,6,13,16-18H2,1H3,(H,30,34)(H,31,35). The number of furan rings is 1. The number of carbonyl (C=O) groups excluding carboxylic acids is 2. The van der Waals surface area contributed by atoms with Gasteiger partial charge in [0.15, 0.2) is 5.16 Å². The molecule has 2 N–H and O–H groups in total. The Hall–Kier alpha value is -3.56. The molecule has 0 aliphatic heterocycles. The molecular formula is C28H29ClN4O4S. The Morgan fingerprint density at radius 1 is 1.05 bits per heavy atom. The number of carbonyl (C=O) groups is 2. The summed E-state index contributed by atoms with van der Waals surface area (Å²) in [6, 6.07) is 15.7. The van der Waals surface area contributed by atoms with Crippen molar-refractivity contribution in [3.63, 3.8) is 0 Å². The topological polar surface area (TPSA) is 106 Å². The van der Waals surface area contributed by atoms with Crippen LogP contribution in [0.2, 0.25) is 5.02 Å². The monoisotopic (exact) mass is 552 g/mol. The quantitative estimate of drug-likeness (QED) is 0.143. The van der Waals surface area contributed by atoms with Crippen LogP contribution in [0.15, 0.2) is 75.2 Å². The summed E-state index contributed by atoms with van der Waals surface area (Å²) in [4.78, 5) is 43.4. The van der Waals surface area contributed by atoms with Crippen LogP contribution >= 0.6 is 23.4 Å². The van der Waals surface area contributed by atoms with Gasteiger partial charge in [-0.05, 0) is 48.4 Å². The molecule has 0 aliphatic carbocycles. The maximum Gasteiger partial charge on any atom is 0.262 e. The van der Waals surface area contributed by atoms with Crippen LogP contribution in [0.25, 0.3) is 10.9 Å². The molecule has 0 fully saturated rings. The molecule has 0 unspecified atom stereocenters. The fourth-order valence-electron chi connectivity index (χ4n) is 3.87. The van der Waals surface area contributed by atoms with Gasteiger partial charge < -0.3 is 15.1 Å². The molecule has 198 valence electrons. The highest BCUT2D eigenvalue weighted by molar-refractivity contribution is 7.99. The number of fused-ring (bicyclic) bond motifs is 1. The second-order valence-electron chi connectivity index (χ2n) is 8.71. The van der Waals surface area contributed by atoms with E-state index in [1.807, 2.05) is 18.2 Å². The van der Waals surface area contributed by atoms with Gasteiger partial charge in [-0.3, -0.25) is 19.0 Å². The second kappa shape index (κ2) is 13.3. The van der Waals surface area contributed by atoms with Gasteiger partial charge in [0.05, 0.1) is 29.5 Å². The molecule has 0 bridgehead atoms. The molecule has 2 heterocycles. The number of nitrogens with zero attached hydrogens (tertiary/aromatic N) is 2. The molecule has 0 atom stereocenters. The number of thioether (sulfide) groups is 1. The lowest BCUT2D eigenvalue weighted by molar-refractivity contribution is -0.118. The highest BCUT2D eigenvalue weighted by atomic mass is 35.5. The van der Waals surface area contributed by atoms with E-state index in [9.17, 15) is 14.4 Å². The molecule has 2 aromatic carbocycles. The van der Waals surface area contributed by atoms with Crippen LogP contribution in [0.3, 0.4) is 0 Å². The van der Waals surface area contributed by atoms with Gasteiger partial charge in [-0.25, -0.2) is 4.98 Å². The first-order chi connectivity index (χ1) is 18.5. The molecule has 38 heavy (non-hydrogen) atoms. The summed E-state index contributed by atoms with van der Waals surface area (Å²) in [5, 5.41) is 7.12. The minimum absolute atomic E-state index is 0.0828. The van der Waals surface area contributed by atoms with Crippen molar-refractivity contribution < 1.29 is 14.0 Å². The molecule has 0 aliphatic rings. The Bertz CT molecular complexity index is 1470. The minimum atomic E-state index is -0.301. The fourth-order valence-corrected chi connectivity index (χ4v) is 4.93. The van der Waals surface area contributed by atoms with Gasteiger partial charge in [0.2, 0.25) is 5.91 Å². The number of halogens is 1. The highest BCUT2D eigenvalue weighted by Crippen LogP contribution is 2.20. The Labute approximate surface area is 229 Å². The zero-order chi connectivity index (χ0) is 26.9. The summed E-state index contributed by atoms with van der Waals surface area (Å²) in [6.45, 7) is 3.16. The van der Waals surface area contributed by atoms with Crippen molar-refractivity contribution in [2.75, 3.05) is 5.75 Å². The lowest BCUT2D eigenvalue weighted by Crippen LogP contribution is -2.27. The number of benzene rings is 2. The van der Waals surface area contributed by atoms with Crippen LogP contribution in [0.5, 0.6) is 0 Å². The van der Waals surface area contributed by atoms with Crippen molar-refractivity contribution in [2.45, 2.75) is 51.0 Å². The lowest BCUT2D eigenvalue weighted by Gasteiger charge is -2.14. The largest absolute Gasteiger partial charge is 0.467 e. The maximum absolute atomic E-state index is 13.4. The third-order valence-corrected chi connectivity index (χ3v) is 7.28. The minimum Gasteiger partial charge on any atom is -0.467 e. The SMILES string of the molecule is CCCCCn1c(SCC(=O)NCc2ccccc2Cl)nc2cc(C(=O)NCc3ccco3)ccc2c1=O. The molecule has 0 saturated carbocycles. The summed E-state index contributed by atoms with van der Waals surface area (Å²) < 4.78 is 6.88. The smallest absolute Gasteiger partial charge is 0.262 e. The normalized spacial score (nSPS) is 11.0. The van der Waals surface area contributed by atoms with Gasteiger partial charge in [0.25, 0.3) is 11.5 Å². The molecule has 0 radical (unpaired) electrons. The second-order valence-corrected chi connectivity index (χ2v) is 10.1. The van der Waals surface area contributed by atoms with Crippen LogP contribution in [0.1, 0.15) is 47.9 Å². The molecular weight excluding hydrogens is 524 g/mol. The fraction of sp³-hybridized carbons (Fsp3) is 0.286. The molecule has 10 heteroatoms. The van der Waals surface area contributed by atoms with Crippen LogP contribution in [-0.2, 0) is 24.4 Å². The first-order valence-electron chi connectivity index (χ1n) is 12.4. The molecule has 8 nitrogen and oxygen atoms in total. The van der Waals surface area contributed by atoms with Crippen LogP contribution in [0.4, 0.5) is 0 Å². The number of rotatable bonds is 12. The van der Waals surface area contributed by atoms with Crippen molar-refractivity contribution in [2.24, 2.45) is 0 Å². The molecule has 4 aromatic rings. The van der Waals surface area contributed by atoms with Gasteiger partial charge >= 0.3 is 0 Å². The van der Waals surface area contributed by atoms with Crippen LogP contribution in [0, 0.1) is 0 Å². The van der Waals surface area contributed by atoms with E-state index >= 15 is 0 Å². The summed E-state index contributed by atoms with van der Waals surface area (Å²) in [5.74, 6) is 0.221. The number of amides is 2. The van der Waals surface area contributed by atoms with Crippen LogP contribution < -0.4 is 16.2 Å². The summed E-state index contributed by atoms with van der Waals surface area (Å²) >= 11 is 7.38. The first kappa shape index (κ1) is 27.5. The molecule has 4 rings (SSSR count). The zero-order valence-electron chi connectivity index (χ0n) is 21.0. The molecule has 0 saturated heterocycles. The van der Waals surface area contributed by atoms with E-state index in [1.165, 1.54) is 11.8 Å². The van der Waals surface area contributed by atoms with E-state index in [2.05, 4.69) is 17.6 Å². The Morgan fingerprint density at radius 2 is 1.89 bits per heavy atom. The number of nitrogens with one attached hydrogen (secondary N) is 2.